The van der Waals surface area contributed by atoms with Crippen LogP contribution in [0.25, 0.3) is 0 Å². The second-order valence-corrected chi connectivity index (χ2v) is 8.62. The van der Waals surface area contributed by atoms with Crippen LogP contribution in [0.5, 0.6) is 0 Å². The topological polar surface area (TPSA) is 111 Å². The molecule has 1 aromatic heterocycles. The Hall–Kier alpha value is -2.46. The molecule has 2 aromatic rings. The predicted molar refractivity (Wildman–Crippen MR) is 122 cm³/mol. The van der Waals surface area contributed by atoms with E-state index in [1.165, 1.54) is 4.90 Å². The quantitative estimate of drug-likeness (QED) is 0.581. The fraction of sp³-hybridized carbons (Fsp3) is 0.500. The van der Waals surface area contributed by atoms with Crippen molar-refractivity contribution in [1.82, 2.24) is 9.97 Å². The molecule has 1 saturated carbocycles. The number of halogens is 1. The van der Waals surface area contributed by atoms with Gasteiger partial charge in [0.15, 0.2) is 0 Å². The van der Waals surface area contributed by atoms with Gasteiger partial charge in [0, 0.05) is 24.8 Å². The van der Waals surface area contributed by atoms with Gasteiger partial charge in [-0.3, -0.25) is 9.80 Å². The highest BCUT2D eigenvalue weighted by Crippen LogP contribution is 2.33. The number of aromatic nitrogens is 2. The second-order valence-electron chi connectivity index (χ2n) is 8.21. The predicted octanol–water partition coefficient (Wildman–Crippen LogP) is 2.80. The molecule has 2 aliphatic rings. The summed E-state index contributed by atoms with van der Waals surface area (Å²) in [6.07, 6.45) is 4.48. The van der Waals surface area contributed by atoms with Crippen molar-refractivity contribution >= 4 is 35.1 Å². The molecular formula is C22H28ClN5O4. The molecule has 1 fully saturated rings. The maximum Gasteiger partial charge on any atom is 0.330 e. The molecule has 0 saturated heterocycles. The van der Waals surface area contributed by atoms with Gasteiger partial charge < -0.3 is 20.3 Å². The smallest absolute Gasteiger partial charge is 0.330 e. The lowest BCUT2D eigenvalue weighted by Crippen LogP contribution is -2.46. The Kier molecular flexibility index (Phi) is 7.10. The Bertz CT molecular complexity index is 954. The molecule has 10 heteroatoms. The normalized spacial score (nSPS) is 21.9. The van der Waals surface area contributed by atoms with Gasteiger partial charge in [0.2, 0.25) is 5.95 Å². The van der Waals surface area contributed by atoms with E-state index in [9.17, 15) is 9.90 Å². The van der Waals surface area contributed by atoms with Crippen LogP contribution in [-0.4, -0.2) is 64.7 Å². The highest BCUT2D eigenvalue weighted by Gasteiger charge is 2.32. The van der Waals surface area contributed by atoms with Crippen LogP contribution in [0, 0.1) is 0 Å². The van der Waals surface area contributed by atoms with Crippen LogP contribution in [0.2, 0.25) is 5.02 Å². The molecule has 2 amide bonds. The van der Waals surface area contributed by atoms with Crippen LogP contribution < -0.4 is 15.1 Å². The van der Waals surface area contributed by atoms with Crippen LogP contribution in [0.1, 0.15) is 31.2 Å². The van der Waals surface area contributed by atoms with Gasteiger partial charge >= 0.3 is 6.03 Å². The lowest BCUT2D eigenvalue weighted by Gasteiger charge is -2.34. The molecule has 3 N–H and O–H groups in total. The van der Waals surface area contributed by atoms with Crippen molar-refractivity contribution in [3.63, 3.8) is 0 Å². The number of ether oxygens (including phenoxy) is 1. The van der Waals surface area contributed by atoms with Gasteiger partial charge in [0.1, 0.15) is 11.9 Å². The number of benzene rings is 1. The maximum absolute atomic E-state index is 13.0. The Morgan fingerprint density at radius 3 is 2.75 bits per heavy atom. The Balaban J connectivity index is 1.39. The molecule has 0 radical (unpaired) electrons. The third-order valence-corrected chi connectivity index (χ3v) is 6.21. The minimum absolute atomic E-state index is 0.0817. The number of aliphatic hydroxyl groups excluding tert-OH is 2. The second kappa shape index (κ2) is 9.99. The summed E-state index contributed by atoms with van der Waals surface area (Å²) in [5.74, 6) is 1.08. The minimum atomic E-state index is -0.830. The summed E-state index contributed by atoms with van der Waals surface area (Å²) in [4.78, 5) is 25.2. The summed E-state index contributed by atoms with van der Waals surface area (Å²) in [7, 11) is 1.70. The fourth-order valence-electron chi connectivity index (χ4n) is 4.09. The average Bonchev–Trinajstić information content (AvgIpc) is 2.81. The molecule has 172 valence electrons. The summed E-state index contributed by atoms with van der Waals surface area (Å²) >= 11 is 6.30. The molecule has 1 aliphatic carbocycles. The Morgan fingerprint density at radius 2 is 2.03 bits per heavy atom. The van der Waals surface area contributed by atoms with Crippen LogP contribution in [-0.2, 0) is 11.3 Å². The number of hydrogen-bond acceptors (Lipinski definition) is 7. The van der Waals surface area contributed by atoms with Crippen molar-refractivity contribution in [3.8, 4) is 0 Å². The maximum atomic E-state index is 13.0. The molecule has 9 nitrogen and oxygen atoms in total. The molecule has 0 bridgehead atoms. The molecule has 2 heterocycles. The fourth-order valence-corrected chi connectivity index (χ4v) is 4.33. The highest BCUT2D eigenvalue weighted by molar-refractivity contribution is 6.34. The van der Waals surface area contributed by atoms with E-state index in [2.05, 4.69) is 15.3 Å². The Morgan fingerprint density at radius 1 is 1.28 bits per heavy atom. The number of amides is 2. The van der Waals surface area contributed by atoms with Crippen LogP contribution in [0.4, 0.5) is 22.2 Å². The zero-order valence-corrected chi connectivity index (χ0v) is 18.7. The zero-order chi connectivity index (χ0) is 22.7. The lowest BCUT2D eigenvalue weighted by molar-refractivity contribution is -0.0404. The molecule has 0 spiro atoms. The first-order chi connectivity index (χ1) is 15.5. The van der Waals surface area contributed by atoms with Crippen LogP contribution in [0.15, 0.2) is 30.5 Å². The molecule has 32 heavy (non-hydrogen) atoms. The van der Waals surface area contributed by atoms with Crippen molar-refractivity contribution in [3.05, 3.63) is 41.0 Å². The third kappa shape index (κ3) is 4.96. The van der Waals surface area contributed by atoms with E-state index in [0.717, 1.165) is 31.2 Å². The van der Waals surface area contributed by atoms with Gasteiger partial charge in [-0.15, -0.1) is 0 Å². The summed E-state index contributed by atoms with van der Waals surface area (Å²) < 4.78 is 5.66. The van der Waals surface area contributed by atoms with Gasteiger partial charge in [-0.1, -0.05) is 23.7 Å². The molecule has 1 aliphatic heterocycles. The van der Waals surface area contributed by atoms with Gasteiger partial charge in [-0.2, -0.15) is 4.98 Å². The number of nitrogens with one attached hydrogen (secondary N) is 1. The summed E-state index contributed by atoms with van der Waals surface area (Å²) in [5.41, 5.74) is 1.50. The van der Waals surface area contributed by atoms with E-state index < -0.39 is 6.10 Å². The number of fused-ring (bicyclic) bond motifs is 1. The number of rotatable bonds is 7. The first-order valence-corrected chi connectivity index (χ1v) is 11.2. The summed E-state index contributed by atoms with van der Waals surface area (Å²) in [5, 5.41) is 22.2. The number of aliphatic hydroxyl groups is 2. The number of urea groups is 1. The number of para-hydroxylation sites is 1. The number of nitrogens with zero attached hydrogens (tertiary/aromatic N) is 4. The standard InChI is InChI=1S/C22H28ClN5O4/c1-27-20-14(11-28(22(27)31)19-5-3-2-4-18(19)23)10-24-21(26-20)25-15-6-8-17(9-7-15)32-13-16(30)12-29/h2-5,10,15-17,29-30H,6-9,11-13H2,1H3,(H,24,25,26)/t15-,16?,17-. The number of carbonyl (C=O) groups is 1. The van der Waals surface area contributed by atoms with Crippen LogP contribution in [0.3, 0.4) is 0 Å². The van der Waals surface area contributed by atoms with E-state index in [-0.39, 0.29) is 31.4 Å². The molecule has 4 rings (SSSR count). The summed E-state index contributed by atoms with van der Waals surface area (Å²) in [6, 6.07) is 7.27. The van der Waals surface area contributed by atoms with Crippen molar-refractivity contribution < 1.29 is 19.7 Å². The van der Waals surface area contributed by atoms with E-state index >= 15 is 0 Å². The summed E-state index contributed by atoms with van der Waals surface area (Å²) in [6.45, 7) is 0.211. The first kappa shape index (κ1) is 22.7. The van der Waals surface area contributed by atoms with Crippen molar-refractivity contribution in [2.45, 2.75) is 50.5 Å². The van der Waals surface area contributed by atoms with E-state index in [4.69, 9.17) is 21.4 Å². The SMILES string of the molecule is CN1C(=O)N(c2ccccc2Cl)Cc2cnc(N[C@H]3CC[C@H](OCC(O)CO)CC3)nc21. The molecule has 1 unspecified atom stereocenters. The van der Waals surface area contributed by atoms with Crippen molar-refractivity contribution in [2.75, 3.05) is 35.4 Å². The van der Waals surface area contributed by atoms with E-state index in [1.807, 2.05) is 18.2 Å². The van der Waals surface area contributed by atoms with Crippen molar-refractivity contribution in [1.29, 1.82) is 0 Å². The molecular weight excluding hydrogens is 434 g/mol. The van der Waals surface area contributed by atoms with Gasteiger partial charge in [-0.05, 0) is 37.8 Å². The number of anilines is 3. The van der Waals surface area contributed by atoms with Gasteiger partial charge in [-0.25, -0.2) is 9.78 Å². The zero-order valence-electron chi connectivity index (χ0n) is 17.9. The number of carbonyl (C=O) groups excluding carboxylic acids is 1. The molecule has 1 atom stereocenters. The minimum Gasteiger partial charge on any atom is -0.394 e. The van der Waals surface area contributed by atoms with E-state index in [0.29, 0.717) is 29.0 Å². The van der Waals surface area contributed by atoms with Crippen molar-refractivity contribution in [2.24, 2.45) is 0 Å². The largest absolute Gasteiger partial charge is 0.394 e. The van der Waals surface area contributed by atoms with Gasteiger partial charge in [0.25, 0.3) is 0 Å². The van der Waals surface area contributed by atoms with Crippen LogP contribution >= 0.6 is 11.6 Å². The number of hydrogen-bond donors (Lipinski definition) is 3. The van der Waals surface area contributed by atoms with E-state index in [1.54, 1.807) is 24.2 Å². The highest BCUT2D eigenvalue weighted by atomic mass is 35.5. The Labute approximate surface area is 192 Å². The first-order valence-electron chi connectivity index (χ1n) is 10.8. The monoisotopic (exact) mass is 461 g/mol. The molecule has 1 aromatic carbocycles. The van der Waals surface area contributed by atoms with Gasteiger partial charge in [0.05, 0.1) is 36.6 Å². The lowest BCUT2D eigenvalue weighted by atomic mass is 9.93. The average molecular weight is 462 g/mol. The third-order valence-electron chi connectivity index (χ3n) is 5.89.